The summed E-state index contributed by atoms with van der Waals surface area (Å²) in [6.45, 7) is 0. The average molecular weight is 240 g/mol. The molecule has 0 saturated carbocycles. The molecule has 0 heterocycles. The Labute approximate surface area is 107 Å². The van der Waals surface area contributed by atoms with Crippen LogP contribution < -0.4 is 0 Å². The van der Waals surface area contributed by atoms with E-state index >= 15 is 0 Å². The quantitative estimate of drug-likeness (QED) is 0.686. The molecule has 1 aliphatic rings. The first-order chi connectivity index (χ1) is 8.34. The van der Waals surface area contributed by atoms with E-state index in [-0.39, 0.29) is 0 Å². The van der Waals surface area contributed by atoms with E-state index in [0.717, 1.165) is 17.0 Å². The van der Waals surface area contributed by atoms with Crippen molar-refractivity contribution in [1.82, 2.24) is 0 Å². The second kappa shape index (κ2) is 4.38. The fraction of sp³-hybridized carbons (Fsp3) is 0.0625. The lowest BCUT2D eigenvalue weighted by Crippen LogP contribution is -2.00. The van der Waals surface area contributed by atoms with Crippen molar-refractivity contribution >= 4 is 17.2 Å². The van der Waals surface area contributed by atoms with E-state index in [2.05, 4.69) is 42.8 Å². The first kappa shape index (κ1) is 10.6. The molecule has 0 atom stereocenters. The summed E-state index contributed by atoms with van der Waals surface area (Å²) in [6.07, 6.45) is 5.43. The Morgan fingerprint density at radius 1 is 0.882 bits per heavy atom. The zero-order chi connectivity index (χ0) is 11.7. The molecule has 0 fully saturated rings. The maximum Gasteiger partial charge on any atom is 0.0481 e. The van der Waals surface area contributed by atoms with Crippen LogP contribution >= 0.6 is 11.6 Å². The van der Waals surface area contributed by atoms with Crippen LogP contribution in [0.25, 0.3) is 5.57 Å². The highest BCUT2D eigenvalue weighted by atomic mass is 35.5. The van der Waals surface area contributed by atoms with E-state index in [1.165, 1.54) is 16.7 Å². The number of halogens is 1. The average Bonchev–Trinajstić information content (AvgIpc) is 2.39. The van der Waals surface area contributed by atoms with Crippen molar-refractivity contribution in [3.63, 3.8) is 0 Å². The molecular weight excluding hydrogens is 228 g/mol. The summed E-state index contributed by atoms with van der Waals surface area (Å²) in [5.74, 6) is 0. The lowest BCUT2D eigenvalue weighted by molar-refractivity contribution is 1.20. The number of hydrogen-bond acceptors (Lipinski definition) is 0. The number of rotatable bonds is 1. The monoisotopic (exact) mass is 239 g/mol. The summed E-state index contributed by atoms with van der Waals surface area (Å²) < 4.78 is 0. The third kappa shape index (κ3) is 2.01. The van der Waals surface area contributed by atoms with Gasteiger partial charge in [-0.3, -0.25) is 0 Å². The zero-order valence-corrected chi connectivity index (χ0v) is 10.1. The number of benzene rings is 2. The van der Waals surface area contributed by atoms with Gasteiger partial charge in [0.15, 0.2) is 0 Å². The molecule has 0 saturated heterocycles. The van der Waals surface area contributed by atoms with Crippen LogP contribution in [0.15, 0.2) is 54.6 Å². The van der Waals surface area contributed by atoms with E-state index in [1.54, 1.807) is 0 Å². The second-order valence-electron chi connectivity index (χ2n) is 4.19. The van der Waals surface area contributed by atoms with Crippen molar-refractivity contribution in [2.45, 2.75) is 6.42 Å². The van der Waals surface area contributed by atoms with Gasteiger partial charge in [-0.15, -0.1) is 0 Å². The molecule has 2 aromatic rings. The first-order valence-corrected chi connectivity index (χ1v) is 6.10. The van der Waals surface area contributed by atoms with Gasteiger partial charge in [0.2, 0.25) is 0 Å². The predicted molar refractivity (Wildman–Crippen MR) is 73.0 cm³/mol. The van der Waals surface area contributed by atoms with Crippen molar-refractivity contribution in [3.8, 4) is 0 Å². The Balaban J connectivity index is 1.99. The first-order valence-electron chi connectivity index (χ1n) is 5.72. The van der Waals surface area contributed by atoms with Gasteiger partial charge in [0, 0.05) is 11.4 Å². The molecule has 0 amide bonds. The molecule has 83 valence electrons. The molecule has 3 rings (SSSR count). The molecule has 0 bridgehead atoms. The lowest BCUT2D eigenvalue weighted by atomic mass is 9.88. The molecule has 0 N–H and O–H groups in total. The van der Waals surface area contributed by atoms with Crippen molar-refractivity contribution in [2.24, 2.45) is 0 Å². The highest BCUT2D eigenvalue weighted by Crippen LogP contribution is 2.32. The third-order valence-corrected chi connectivity index (χ3v) is 3.42. The van der Waals surface area contributed by atoms with Crippen LogP contribution in [-0.2, 0) is 6.42 Å². The standard InChI is InChI=1S/C16H12Cl/c17-16-8-4-3-7-15(16)14-10-9-12-5-1-2-6-13(12)11-14/h1-8,10-11H,9H2. The Morgan fingerprint density at radius 3 is 2.53 bits per heavy atom. The normalized spacial score (nSPS) is 14.1. The minimum Gasteiger partial charge on any atom is -0.0837 e. The molecule has 0 spiro atoms. The van der Waals surface area contributed by atoms with Crippen LogP contribution in [0.2, 0.25) is 5.02 Å². The molecule has 0 nitrogen and oxygen atoms in total. The van der Waals surface area contributed by atoms with Crippen LogP contribution in [0.5, 0.6) is 0 Å². The molecular formula is C16H12Cl. The topological polar surface area (TPSA) is 0 Å². The van der Waals surface area contributed by atoms with Crippen molar-refractivity contribution in [3.05, 3.63) is 82.7 Å². The fourth-order valence-corrected chi connectivity index (χ4v) is 2.44. The zero-order valence-electron chi connectivity index (χ0n) is 9.36. The summed E-state index contributed by atoms with van der Waals surface area (Å²) in [5.41, 5.74) is 5.01. The lowest BCUT2D eigenvalue weighted by Gasteiger charge is -2.17. The highest BCUT2D eigenvalue weighted by Gasteiger charge is 2.13. The molecule has 0 unspecified atom stereocenters. The summed E-state index contributed by atoms with van der Waals surface area (Å²) in [4.78, 5) is 0. The van der Waals surface area contributed by atoms with E-state index < -0.39 is 0 Å². The van der Waals surface area contributed by atoms with Crippen LogP contribution in [0.4, 0.5) is 0 Å². The van der Waals surface area contributed by atoms with Gasteiger partial charge in [0.25, 0.3) is 0 Å². The molecule has 17 heavy (non-hydrogen) atoms. The molecule has 0 aromatic heterocycles. The van der Waals surface area contributed by atoms with E-state index in [4.69, 9.17) is 11.6 Å². The summed E-state index contributed by atoms with van der Waals surface area (Å²) >= 11 is 6.22. The smallest absolute Gasteiger partial charge is 0.0481 e. The molecule has 2 aromatic carbocycles. The summed E-state index contributed by atoms with van der Waals surface area (Å²) in [7, 11) is 0. The number of allylic oxidation sites excluding steroid dienone is 2. The minimum absolute atomic E-state index is 0.814. The van der Waals surface area contributed by atoms with Crippen molar-refractivity contribution < 1.29 is 0 Å². The molecule has 1 heteroatoms. The molecule has 0 aliphatic heterocycles. The van der Waals surface area contributed by atoms with Crippen LogP contribution in [0, 0.1) is 6.42 Å². The Kier molecular flexibility index (Phi) is 2.74. The maximum absolute atomic E-state index is 6.22. The van der Waals surface area contributed by atoms with Crippen LogP contribution in [-0.4, -0.2) is 0 Å². The highest BCUT2D eigenvalue weighted by molar-refractivity contribution is 6.32. The van der Waals surface area contributed by atoms with Gasteiger partial charge < -0.3 is 0 Å². The Morgan fingerprint density at radius 2 is 1.65 bits per heavy atom. The third-order valence-electron chi connectivity index (χ3n) is 3.09. The number of fused-ring (bicyclic) bond motifs is 1. The fourth-order valence-electron chi connectivity index (χ4n) is 2.19. The summed E-state index contributed by atoms with van der Waals surface area (Å²) in [6, 6.07) is 16.5. The van der Waals surface area contributed by atoms with Gasteiger partial charge in [-0.25, -0.2) is 0 Å². The SMILES string of the molecule is Clc1ccccc1C1=CCc2ccccc2[CH]1. The van der Waals surface area contributed by atoms with Gasteiger partial charge in [-0.2, -0.15) is 0 Å². The molecule has 1 aliphatic carbocycles. The Bertz CT molecular complexity index is 582. The Hall–Kier alpha value is -1.53. The summed E-state index contributed by atoms with van der Waals surface area (Å²) in [5, 5.41) is 0.814. The van der Waals surface area contributed by atoms with Crippen molar-refractivity contribution in [1.29, 1.82) is 0 Å². The largest absolute Gasteiger partial charge is 0.0837 e. The second-order valence-corrected chi connectivity index (χ2v) is 4.59. The van der Waals surface area contributed by atoms with E-state index in [1.807, 2.05) is 18.2 Å². The van der Waals surface area contributed by atoms with Crippen LogP contribution in [0.3, 0.4) is 0 Å². The van der Waals surface area contributed by atoms with E-state index in [0.29, 0.717) is 0 Å². The number of hydrogen-bond donors (Lipinski definition) is 0. The van der Waals surface area contributed by atoms with Crippen LogP contribution in [0.1, 0.15) is 16.7 Å². The van der Waals surface area contributed by atoms with Gasteiger partial charge in [-0.05, 0) is 34.8 Å². The van der Waals surface area contributed by atoms with E-state index in [9.17, 15) is 0 Å². The molecule has 1 radical (unpaired) electrons. The van der Waals surface area contributed by atoms with Crippen molar-refractivity contribution in [2.75, 3.05) is 0 Å². The van der Waals surface area contributed by atoms with Gasteiger partial charge in [0.1, 0.15) is 0 Å². The van der Waals surface area contributed by atoms with Gasteiger partial charge in [0.05, 0.1) is 0 Å². The van der Waals surface area contributed by atoms with Gasteiger partial charge >= 0.3 is 0 Å². The predicted octanol–water partition coefficient (Wildman–Crippen LogP) is 4.53. The van der Waals surface area contributed by atoms with Gasteiger partial charge in [-0.1, -0.05) is 60.1 Å². The minimum atomic E-state index is 0.814. The maximum atomic E-state index is 6.22.